The smallest absolute Gasteiger partial charge is 0.148 e. The maximum atomic E-state index is 8.52. The summed E-state index contributed by atoms with van der Waals surface area (Å²) in [4.78, 5) is 0. The second-order valence-electron chi connectivity index (χ2n) is 2.18. The lowest BCUT2D eigenvalue weighted by Gasteiger charge is -1.93. The molecular formula is C6H11N3O. The van der Waals surface area contributed by atoms with Crippen LogP contribution in [-0.2, 0) is 6.54 Å². The van der Waals surface area contributed by atoms with Crippen molar-refractivity contribution < 1.29 is 5.11 Å². The van der Waals surface area contributed by atoms with Gasteiger partial charge in [-0.05, 0) is 6.92 Å². The molecule has 1 heterocycles. The molecule has 0 saturated carbocycles. The molecule has 1 aromatic heterocycles. The van der Waals surface area contributed by atoms with Crippen LogP contribution in [0.15, 0.2) is 6.20 Å². The van der Waals surface area contributed by atoms with Gasteiger partial charge in [-0.3, -0.25) is 4.68 Å². The minimum absolute atomic E-state index is 0.0978. The number of hydrogen-bond donors (Lipinski definition) is 2. The molecule has 0 aliphatic rings. The van der Waals surface area contributed by atoms with Gasteiger partial charge in [0.1, 0.15) is 5.82 Å². The lowest BCUT2D eigenvalue weighted by Crippen LogP contribution is -2.02. The van der Waals surface area contributed by atoms with Gasteiger partial charge in [0.15, 0.2) is 0 Å². The van der Waals surface area contributed by atoms with E-state index < -0.39 is 0 Å². The minimum Gasteiger partial charge on any atom is -0.394 e. The molecule has 56 valence electrons. The van der Waals surface area contributed by atoms with Gasteiger partial charge in [-0.15, -0.1) is 0 Å². The van der Waals surface area contributed by atoms with Crippen molar-refractivity contribution in [3.8, 4) is 0 Å². The van der Waals surface area contributed by atoms with Crippen LogP contribution in [0.3, 0.4) is 0 Å². The third-order valence-electron chi connectivity index (χ3n) is 1.31. The van der Waals surface area contributed by atoms with E-state index in [1.54, 1.807) is 4.68 Å². The predicted octanol–water partition coefficient (Wildman–Crippen LogP) is -0.234. The van der Waals surface area contributed by atoms with Crippen LogP contribution in [0.5, 0.6) is 0 Å². The maximum Gasteiger partial charge on any atom is 0.148 e. The third-order valence-corrected chi connectivity index (χ3v) is 1.31. The minimum atomic E-state index is 0.0978. The normalized spacial score (nSPS) is 10.2. The van der Waals surface area contributed by atoms with E-state index in [4.69, 9.17) is 10.8 Å². The summed E-state index contributed by atoms with van der Waals surface area (Å²) in [5.74, 6) is 0.536. The molecule has 0 spiro atoms. The lowest BCUT2D eigenvalue weighted by atomic mass is 10.4. The lowest BCUT2D eigenvalue weighted by molar-refractivity contribution is 0.269. The molecule has 0 aliphatic carbocycles. The van der Waals surface area contributed by atoms with Gasteiger partial charge in [0.2, 0.25) is 0 Å². The fourth-order valence-corrected chi connectivity index (χ4v) is 0.753. The van der Waals surface area contributed by atoms with Crippen LogP contribution in [0.1, 0.15) is 5.56 Å². The molecule has 0 amide bonds. The SMILES string of the molecule is Cc1cn(CCO)nc1N. The Hall–Kier alpha value is -1.03. The van der Waals surface area contributed by atoms with Crippen molar-refractivity contribution in [2.75, 3.05) is 12.3 Å². The Morgan fingerprint density at radius 3 is 2.90 bits per heavy atom. The van der Waals surface area contributed by atoms with Crippen molar-refractivity contribution in [2.45, 2.75) is 13.5 Å². The maximum absolute atomic E-state index is 8.52. The summed E-state index contributed by atoms with van der Waals surface area (Å²) in [6.07, 6.45) is 1.81. The van der Waals surface area contributed by atoms with Gasteiger partial charge in [0, 0.05) is 11.8 Å². The standard InChI is InChI=1S/C6H11N3O/c1-5-4-9(2-3-10)8-6(5)7/h4,10H,2-3H2,1H3,(H2,7,8). The third kappa shape index (κ3) is 1.27. The van der Waals surface area contributed by atoms with Crippen LogP contribution in [0, 0.1) is 6.92 Å². The number of aliphatic hydroxyl groups is 1. The largest absolute Gasteiger partial charge is 0.394 e. The van der Waals surface area contributed by atoms with E-state index in [-0.39, 0.29) is 6.61 Å². The zero-order chi connectivity index (χ0) is 7.56. The van der Waals surface area contributed by atoms with Gasteiger partial charge in [0.05, 0.1) is 13.2 Å². The Morgan fingerprint density at radius 2 is 2.50 bits per heavy atom. The summed E-state index contributed by atoms with van der Waals surface area (Å²) in [7, 11) is 0. The van der Waals surface area contributed by atoms with E-state index in [9.17, 15) is 0 Å². The Bertz CT molecular complexity index is 199. The molecule has 0 aliphatic heterocycles. The summed E-state index contributed by atoms with van der Waals surface area (Å²) in [6.45, 7) is 2.49. The second-order valence-corrected chi connectivity index (χ2v) is 2.18. The van der Waals surface area contributed by atoms with E-state index in [0.717, 1.165) is 5.56 Å². The van der Waals surface area contributed by atoms with Crippen LogP contribution in [0.25, 0.3) is 0 Å². The van der Waals surface area contributed by atoms with Gasteiger partial charge < -0.3 is 10.8 Å². The summed E-state index contributed by atoms with van der Waals surface area (Å²) >= 11 is 0. The Morgan fingerprint density at radius 1 is 1.80 bits per heavy atom. The molecule has 4 nitrogen and oxygen atoms in total. The molecule has 0 radical (unpaired) electrons. The predicted molar refractivity (Wildman–Crippen MR) is 38.5 cm³/mol. The second kappa shape index (κ2) is 2.70. The van der Waals surface area contributed by atoms with E-state index in [1.165, 1.54) is 0 Å². The summed E-state index contributed by atoms with van der Waals surface area (Å²) in [5.41, 5.74) is 6.41. The number of aliphatic hydroxyl groups excluding tert-OH is 1. The summed E-state index contributed by atoms with van der Waals surface area (Å²) < 4.78 is 1.63. The number of anilines is 1. The molecule has 0 aromatic carbocycles. The number of aryl methyl sites for hydroxylation is 1. The molecule has 1 rings (SSSR count). The number of nitrogens with two attached hydrogens (primary N) is 1. The van der Waals surface area contributed by atoms with Crippen molar-refractivity contribution >= 4 is 5.82 Å². The van der Waals surface area contributed by atoms with Gasteiger partial charge in [-0.2, -0.15) is 5.10 Å². The van der Waals surface area contributed by atoms with Gasteiger partial charge in [-0.1, -0.05) is 0 Å². The van der Waals surface area contributed by atoms with Gasteiger partial charge in [-0.25, -0.2) is 0 Å². The highest BCUT2D eigenvalue weighted by atomic mass is 16.3. The molecule has 0 atom stereocenters. The quantitative estimate of drug-likeness (QED) is 0.597. The number of aromatic nitrogens is 2. The Labute approximate surface area is 59.3 Å². The number of nitrogen functional groups attached to an aromatic ring is 1. The Balaban J connectivity index is 2.77. The van der Waals surface area contributed by atoms with Crippen LogP contribution in [-0.4, -0.2) is 21.5 Å². The van der Waals surface area contributed by atoms with E-state index in [2.05, 4.69) is 5.10 Å². The fourth-order valence-electron chi connectivity index (χ4n) is 0.753. The number of hydrogen-bond acceptors (Lipinski definition) is 3. The first kappa shape index (κ1) is 7.08. The van der Waals surface area contributed by atoms with E-state index in [1.807, 2.05) is 13.1 Å². The van der Waals surface area contributed by atoms with Crippen LogP contribution in [0.4, 0.5) is 5.82 Å². The number of rotatable bonds is 2. The highest BCUT2D eigenvalue weighted by Crippen LogP contribution is 2.04. The Kier molecular flexibility index (Phi) is 1.91. The molecule has 0 bridgehead atoms. The molecule has 10 heavy (non-hydrogen) atoms. The highest BCUT2D eigenvalue weighted by molar-refractivity contribution is 5.35. The molecule has 3 N–H and O–H groups in total. The zero-order valence-electron chi connectivity index (χ0n) is 5.91. The first-order chi connectivity index (χ1) is 4.74. The fraction of sp³-hybridized carbons (Fsp3) is 0.500. The van der Waals surface area contributed by atoms with Crippen LogP contribution in [0.2, 0.25) is 0 Å². The molecule has 1 aromatic rings. The highest BCUT2D eigenvalue weighted by Gasteiger charge is 1.97. The van der Waals surface area contributed by atoms with Gasteiger partial charge >= 0.3 is 0 Å². The topological polar surface area (TPSA) is 64.1 Å². The van der Waals surface area contributed by atoms with E-state index in [0.29, 0.717) is 12.4 Å². The monoisotopic (exact) mass is 141 g/mol. The average Bonchev–Trinajstić information content (AvgIpc) is 2.14. The number of nitrogens with zero attached hydrogens (tertiary/aromatic N) is 2. The first-order valence-corrected chi connectivity index (χ1v) is 3.14. The first-order valence-electron chi connectivity index (χ1n) is 3.14. The van der Waals surface area contributed by atoms with Crippen molar-refractivity contribution in [1.82, 2.24) is 9.78 Å². The van der Waals surface area contributed by atoms with Crippen molar-refractivity contribution in [3.63, 3.8) is 0 Å². The molecule has 0 saturated heterocycles. The molecular weight excluding hydrogens is 130 g/mol. The van der Waals surface area contributed by atoms with Crippen molar-refractivity contribution in [2.24, 2.45) is 0 Å². The van der Waals surface area contributed by atoms with Crippen LogP contribution >= 0.6 is 0 Å². The molecule has 4 heteroatoms. The van der Waals surface area contributed by atoms with Crippen molar-refractivity contribution in [3.05, 3.63) is 11.8 Å². The molecule has 0 fully saturated rings. The van der Waals surface area contributed by atoms with Crippen molar-refractivity contribution in [1.29, 1.82) is 0 Å². The summed E-state index contributed by atoms with van der Waals surface area (Å²) in [6, 6.07) is 0. The van der Waals surface area contributed by atoms with Crippen LogP contribution < -0.4 is 5.73 Å². The van der Waals surface area contributed by atoms with Gasteiger partial charge in [0.25, 0.3) is 0 Å². The van der Waals surface area contributed by atoms with E-state index >= 15 is 0 Å². The summed E-state index contributed by atoms with van der Waals surface area (Å²) in [5, 5.41) is 12.5. The molecule has 0 unspecified atom stereocenters. The average molecular weight is 141 g/mol. The zero-order valence-corrected chi connectivity index (χ0v) is 5.91.